The highest BCUT2D eigenvalue weighted by molar-refractivity contribution is 7.16. The number of carbonyl (C=O) groups is 1. The Morgan fingerprint density at radius 1 is 1.33 bits per heavy atom. The van der Waals surface area contributed by atoms with Crippen LogP contribution in [0.4, 0.5) is 5.00 Å². The largest absolute Gasteiger partial charge is 0.317 e. The molecule has 0 fully saturated rings. The van der Waals surface area contributed by atoms with Gasteiger partial charge in [-0.2, -0.15) is 5.26 Å². The number of hydrogen-bond donors (Lipinski definition) is 1. The van der Waals surface area contributed by atoms with E-state index in [1.807, 2.05) is 18.2 Å². The minimum absolute atomic E-state index is 0.0256. The van der Waals surface area contributed by atoms with Crippen LogP contribution in [0.25, 0.3) is 0 Å². The predicted octanol–water partition coefficient (Wildman–Crippen LogP) is 4.13. The van der Waals surface area contributed by atoms with Crippen molar-refractivity contribution >= 4 is 22.2 Å². The number of aromatic nitrogens is 1. The number of thiophene rings is 1. The van der Waals surface area contributed by atoms with E-state index >= 15 is 0 Å². The molecule has 27 heavy (non-hydrogen) atoms. The average Bonchev–Trinajstić information content (AvgIpc) is 2.85. The molecular formula is C21H26N4OS. The minimum Gasteiger partial charge on any atom is -0.317 e. The lowest BCUT2D eigenvalue weighted by molar-refractivity contribution is -0.116. The molecule has 5 nitrogen and oxygen atoms in total. The van der Waals surface area contributed by atoms with Crippen molar-refractivity contribution in [3.8, 4) is 6.07 Å². The van der Waals surface area contributed by atoms with Crippen molar-refractivity contribution in [3.63, 3.8) is 0 Å². The van der Waals surface area contributed by atoms with E-state index in [0.717, 1.165) is 43.0 Å². The van der Waals surface area contributed by atoms with Crippen molar-refractivity contribution in [3.05, 3.63) is 46.1 Å². The molecule has 2 aromatic heterocycles. The van der Waals surface area contributed by atoms with Crippen LogP contribution in [0.2, 0.25) is 0 Å². The Bertz CT molecular complexity index is 810. The van der Waals surface area contributed by atoms with E-state index in [-0.39, 0.29) is 5.91 Å². The van der Waals surface area contributed by atoms with Gasteiger partial charge in [0.25, 0.3) is 0 Å². The normalized spacial score (nSPS) is 13.7. The van der Waals surface area contributed by atoms with Crippen molar-refractivity contribution in [1.82, 2.24) is 9.88 Å². The Hall–Kier alpha value is -2.23. The molecular weight excluding hydrogens is 356 g/mol. The lowest BCUT2D eigenvalue weighted by Crippen LogP contribution is -2.27. The summed E-state index contributed by atoms with van der Waals surface area (Å²) in [5, 5.41) is 13.3. The second kappa shape index (κ2) is 9.63. The van der Waals surface area contributed by atoms with Crippen LogP contribution in [0.1, 0.15) is 54.3 Å². The van der Waals surface area contributed by atoms with Crippen LogP contribution >= 0.6 is 11.3 Å². The summed E-state index contributed by atoms with van der Waals surface area (Å²) < 4.78 is 0. The SMILES string of the molecule is CCN(CCC(=O)Nc1sc2c(c1C#N)CCCCC2)Cc1ccccn1. The third kappa shape index (κ3) is 5.15. The molecule has 1 amide bonds. The van der Waals surface area contributed by atoms with E-state index in [0.29, 0.717) is 18.5 Å². The van der Waals surface area contributed by atoms with Crippen molar-refractivity contribution in [2.75, 3.05) is 18.4 Å². The summed E-state index contributed by atoms with van der Waals surface area (Å²) in [7, 11) is 0. The molecule has 0 atom stereocenters. The third-order valence-corrected chi connectivity index (χ3v) is 6.21. The number of carbonyl (C=O) groups excluding carboxylic acids is 1. The highest BCUT2D eigenvalue weighted by Crippen LogP contribution is 2.37. The lowest BCUT2D eigenvalue weighted by Gasteiger charge is -2.19. The van der Waals surface area contributed by atoms with E-state index in [1.165, 1.54) is 23.3 Å². The van der Waals surface area contributed by atoms with Crippen LogP contribution in [-0.4, -0.2) is 28.9 Å². The molecule has 3 rings (SSSR count). The van der Waals surface area contributed by atoms with Crippen LogP contribution in [-0.2, 0) is 24.2 Å². The van der Waals surface area contributed by atoms with Gasteiger partial charge in [-0.15, -0.1) is 11.3 Å². The van der Waals surface area contributed by atoms with Gasteiger partial charge in [0, 0.05) is 30.6 Å². The topological polar surface area (TPSA) is 69.0 Å². The zero-order valence-corrected chi connectivity index (χ0v) is 16.6. The van der Waals surface area contributed by atoms with Gasteiger partial charge in [0.2, 0.25) is 5.91 Å². The van der Waals surface area contributed by atoms with Gasteiger partial charge in [-0.1, -0.05) is 19.4 Å². The van der Waals surface area contributed by atoms with Gasteiger partial charge in [-0.05, 0) is 49.9 Å². The first-order valence-corrected chi connectivity index (χ1v) is 10.5. The smallest absolute Gasteiger partial charge is 0.226 e. The summed E-state index contributed by atoms with van der Waals surface area (Å²) in [4.78, 5) is 20.3. The van der Waals surface area contributed by atoms with E-state index in [9.17, 15) is 10.1 Å². The fraction of sp³-hybridized carbons (Fsp3) is 0.476. The molecule has 1 aliphatic rings. The number of pyridine rings is 1. The molecule has 0 unspecified atom stereocenters. The zero-order chi connectivity index (χ0) is 19.1. The first kappa shape index (κ1) is 19.5. The number of anilines is 1. The van der Waals surface area contributed by atoms with E-state index in [4.69, 9.17) is 0 Å². The Labute approximate surface area is 165 Å². The molecule has 0 spiro atoms. The Morgan fingerprint density at radius 2 is 2.19 bits per heavy atom. The first-order chi connectivity index (χ1) is 13.2. The summed E-state index contributed by atoms with van der Waals surface area (Å²) in [6.45, 7) is 4.36. The molecule has 2 heterocycles. The number of rotatable bonds is 7. The van der Waals surface area contributed by atoms with Gasteiger partial charge >= 0.3 is 0 Å². The second-order valence-electron chi connectivity index (χ2n) is 6.87. The van der Waals surface area contributed by atoms with Gasteiger partial charge in [0.15, 0.2) is 0 Å². The number of hydrogen-bond acceptors (Lipinski definition) is 5. The molecule has 142 valence electrons. The molecule has 0 bridgehead atoms. The third-order valence-electron chi connectivity index (χ3n) is 5.00. The molecule has 0 saturated carbocycles. The summed E-state index contributed by atoms with van der Waals surface area (Å²) in [5.41, 5.74) is 2.86. The van der Waals surface area contributed by atoms with Gasteiger partial charge in [0.05, 0.1) is 11.3 Å². The molecule has 6 heteroatoms. The van der Waals surface area contributed by atoms with E-state index in [2.05, 4.69) is 28.2 Å². The summed E-state index contributed by atoms with van der Waals surface area (Å²) in [6, 6.07) is 8.21. The maximum atomic E-state index is 12.5. The number of nitrogens with one attached hydrogen (secondary N) is 1. The summed E-state index contributed by atoms with van der Waals surface area (Å²) in [5.74, 6) is -0.0256. The maximum Gasteiger partial charge on any atom is 0.226 e. The Balaban J connectivity index is 1.58. The standard InChI is InChI=1S/C21H26N4OS/c1-2-25(15-16-8-6-7-12-23-16)13-11-20(26)24-21-18(14-22)17-9-4-3-5-10-19(17)27-21/h6-8,12H,2-5,9-11,13,15H2,1H3,(H,24,26). The molecule has 0 saturated heterocycles. The maximum absolute atomic E-state index is 12.5. The van der Waals surface area contributed by atoms with E-state index < -0.39 is 0 Å². The molecule has 1 N–H and O–H groups in total. The molecule has 0 aliphatic heterocycles. The zero-order valence-electron chi connectivity index (χ0n) is 15.8. The summed E-state index contributed by atoms with van der Waals surface area (Å²) in [6.07, 6.45) is 7.71. The molecule has 2 aromatic rings. The van der Waals surface area contributed by atoms with E-state index in [1.54, 1.807) is 17.5 Å². The quantitative estimate of drug-likeness (QED) is 0.731. The van der Waals surface area contributed by atoms with Crippen molar-refractivity contribution in [2.24, 2.45) is 0 Å². The van der Waals surface area contributed by atoms with Crippen LogP contribution in [0, 0.1) is 11.3 Å². The number of fused-ring (bicyclic) bond motifs is 1. The van der Waals surface area contributed by atoms with Crippen LogP contribution in [0.15, 0.2) is 24.4 Å². The fourth-order valence-corrected chi connectivity index (χ4v) is 4.72. The first-order valence-electron chi connectivity index (χ1n) is 9.68. The van der Waals surface area contributed by atoms with Gasteiger partial charge in [0.1, 0.15) is 11.1 Å². The minimum atomic E-state index is -0.0256. The molecule has 1 aliphatic carbocycles. The number of nitrogens with zero attached hydrogens (tertiary/aromatic N) is 3. The van der Waals surface area contributed by atoms with Crippen LogP contribution in [0.5, 0.6) is 0 Å². The molecule has 0 radical (unpaired) electrons. The lowest BCUT2D eigenvalue weighted by atomic mass is 10.1. The number of nitriles is 1. The van der Waals surface area contributed by atoms with Crippen LogP contribution in [0.3, 0.4) is 0 Å². The summed E-state index contributed by atoms with van der Waals surface area (Å²) >= 11 is 1.59. The average molecular weight is 383 g/mol. The fourth-order valence-electron chi connectivity index (χ4n) is 3.47. The van der Waals surface area contributed by atoms with Gasteiger partial charge in [-0.3, -0.25) is 14.7 Å². The number of amides is 1. The monoisotopic (exact) mass is 382 g/mol. The van der Waals surface area contributed by atoms with Crippen molar-refractivity contribution in [2.45, 2.75) is 52.0 Å². The Kier molecular flexibility index (Phi) is 6.97. The highest BCUT2D eigenvalue weighted by atomic mass is 32.1. The van der Waals surface area contributed by atoms with Crippen molar-refractivity contribution in [1.29, 1.82) is 5.26 Å². The van der Waals surface area contributed by atoms with Crippen LogP contribution < -0.4 is 5.32 Å². The Morgan fingerprint density at radius 3 is 2.93 bits per heavy atom. The molecule has 0 aromatic carbocycles. The predicted molar refractivity (Wildman–Crippen MR) is 109 cm³/mol. The highest BCUT2D eigenvalue weighted by Gasteiger charge is 2.21. The number of aryl methyl sites for hydroxylation is 1. The van der Waals surface area contributed by atoms with Gasteiger partial charge < -0.3 is 5.32 Å². The van der Waals surface area contributed by atoms with Gasteiger partial charge in [-0.25, -0.2) is 0 Å². The second-order valence-corrected chi connectivity index (χ2v) is 7.97. The van der Waals surface area contributed by atoms with Crippen molar-refractivity contribution < 1.29 is 4.79 Å².